The second kappa shape index (κ2) is 6.83. The fraction of sp³-hybridized carbons (Fsp3) is 0.263. The van der Waals surface area contributed by atoms with E-state index in [1.807, 2.05) is 0 Å². The van der Waals surface area contributed by atoms with E-state index in [4.69, 9.17) is 9.47 Å². The number of fused-ring (bicyclic) bond motifs is 2. The molecule has 2 heterocycles. The Morgan fingerprint density at radius 3 is 2.61 bits per heavy atom. The average molecular weight is 402 g/mol. The Morgan fingerprint density at radius 2 is 1.86 bits per heavy atom. The van der Waals surface area contributed by atoms with Crippen molar-refractivity contribution in [3.05, 3.63) is 53.6 Å². The third kappa shape index (κ3) is 3.07. The lowest BCUT2D eigenvalue weighted by Gasteiger charge is -2.22. The lowest BCUT2D eigenvalue weighted by Crippen LogP contribution is -2.41. The predicted octanol–water partition coefficient (Wildman–Crippen LogP) is 1.48. The molecule has 0 spiro atoms. The third-order valence-corrected chi connectivity index (χ3v) is 6.43. The number of nitrogens with one attached hydrogen (secondary N) is 1. The summed E-state index contributed by atoms with van der Waals surface area (Å²) in [6.07, 6.45) is 0. The number of carbonyl (C=O) groups is 2. The Balaban J connectivity index is 1.47. The number of amides is 2. The minimum atomic E-state index is -4.02. The smallest absolute Gasteiger partial charge is 0.269 e. The van der Waals surface area contributed by atoms with Gasteiger partial charge in [-0.1, -0.05) is 18.2 Å². The predicted molar refractivity (Wildman–Crippen MR) is 98.7 cm³/mol. The monoisotopic (exact) mass is 402 g/mol. The number of hydrogen-bond donors (Lipinski definition) is 1. The molecule has 0 unspecified atom stereocenters. The molecule has 0 bridgehead atoms. The zero-order valence-electron chi connectivity index (χ0n) is 15.0. The molecule has 2 aliphatic heterocycles. The molecule has 2 amide bonds. The van der Waals surface area contributed by atoms with E-state index in [0.29, 0.717) is 29.0 Å². The number of benzene rings is 2. The van der Waals surface area contributed by atoms with E-state index in [-0.39, 0.29) is 10.5 Å². The number of nitrogens with zero attached hydrogens (tertiary/aromatic N) is 1. The van der Waals surface area contributed by atoms with Crippen molar-refractivity contribution in [1.29, 1.82) is 0 Å². The summed E-state index contributed by atoms with van der Waals surface area (Å²) in [5, 5.41) is 2.72. The molecule has 0 saturated heterocycles. The van der Waals surface area contributed by atoms with Crippen LogP contribution in [0.25, 0.3) is 0 Å². The van der Waals surface area contributed by atoms with Gasteiger partial charge in [0, 0.05) is 0 Å². The Morgan fingerprint density at radius 1 is 1.14 bits per heavy atom. The fourth-order valence-corrected chi connectivity index (χ4v) is 4.74. The molecule has 0 saturated carbocycles. The van der Waals surface area contributed by atoms with Crippen LogP contribution in [0.15, 0.2) is 47.4 Å². The zero-order chi connectivity index (χ0) is 19.9. The quantitative estimate of drug-likeness (QED) is 0.831. The van der Waals surface area contributed by atoms with E-state index in [2.05, 4.69) is 5.32 Å². The van der Waals surface area contributed by atoms with Crippen molar-refractivity contribution in [3.8, 4) is 11.5 Å². The van der Waals surface area contributed by atoms with Crippen molar-refractivity contribution in [3.63, 3.8) is 0 Å². The van der Waals surface area contributed by atoms with Crippen molar-refractivity contribution in [2.75, 3.05) is 19.8 Å². The van der Waals surface area contributed by atoms with Crippen LogP contribution >= 0.6 is 0 Å². The van der Waals surface area contributed by atoms with E-state index in [0.717, 1.165) is 5.56 Å². The first-order chi connectivity index (χ1) is 13.4. The molecule has 0 radical (unpaired) electrons. The lowest BCUT2D eigenvalue weighted by molar-refractivity contribution is -0.121. The van der Waals surface area contributed by atoms with Crippen LogP contribution in [0.5, 0.6) is 11.5 Å². The molecule has 0 aliphatic carbocycles. The normalized spacial score (nSPS) is 17.8. The molecule has 8 nitrogen and oxygen atoms in total. The maximum absolute atomic E-state index is 12.5. The van der Waals surface area contributed by atoms with Crippen LogP contribution in [0, 0.1) is 0 Å². The zero-order valence-corrected chi connectivity index (χ0v) is 15.9. The maximum atomic E-state index is 12.5. The molecule has 4 rings (SSSR count). The topological polar surface area (TPSA) is 102 Å². The molecule has 0 aromatic heterocycles. The van der Waals surface area contributed by atoms with Crippen molar-refractivity contribution in [2.45, 2.75) is 17.9 Å². The highest BCUT2D eigenvalue weighted by molar-refractivity contribution is 7.90. The second-order valence-electron chi connectivity index (χ2n) is 6.51. The first kappa shape index (κ1) is 18.3. The summed E-state index contributed by atoms with van der Waals surface area (Å²) in [4.78, 5) is 24.8. The summed E-state index contributed by atoms with van der Waals surface area (Å²) in [6.45, 7) is 2.12. The fourth-order valence-electron chi connectivity index (χ4n) is 3.22. The van der Waals surface area contributed by atoms with Crippen LogP contribution in [-0.2, 0) is 14.8 Å². The molecular weight excluding hydrogens is 384 g/mol. The third-order valence-electron chi connectivity index (χ3n) is 4.64. The second-order valence-corrected chi connectivity index (χ2v) is 8.34. The Labute approximate surface area is 162 Å². The molecule has 0 fully saturated rings. The van der Waals surface area contributed by atoms with Gasteiger partial charge in [0.05, 0.1) is 11.6 Å². The van der Waals surface area contributed by atoms with Gasteiger partial charge >= 0.3 is 0 Å². The minimum absolute atomic E-state index is 0.0762. The van der Waals surface area contributed by atoms with Crippen LogP contribution in [0.1, 0.15) is 28.9 Å². The summed E-state index contributed by atoms with van der Waals surface area (Å²) in [5.41, 5.74) is 0.853. The van der Waals surface area contributed by atoms with Gasteiger partial charge in [-0.05, 0) is 36.8 Å². The van der Waals surface area contributed by atoms with Gasteiger partial charge in [-0.3, -0.25) is 9.59 Å². The van der Waals surface area contributed by atoms with Crippen molar-refractivity contribution < 1.29 is 27.5 Å². The highest BCUT2D eigenvalue weighted by Crippen LogP contribution is 2.33. The highest BCUT2D eigenvalue weighted by atomic mass is 32.2. The van der Waals surface area contributed by atoms with Gasteiger partial charge in [0.2, 0.25) is 5.91 Å². The summed E-state index contributed by atoms with van der Waals surface area (Å²) < 4.78 is 36.7. The van der Waals surface area contributed by atoms with Gasteiger partial charge in [-0.25, -0.2) is 12.7 Å². The Bertz CT molecular complexity index is 1070. The van der Waals surface area contributed by atoms with Crippen LogP contribution in [0.4, 0.5) is 0 Å². The van der Waals surface area contributed by atoms with Crippen LogP contribution in [-0.4, -0.2) is 44.3 Å². The maximum Gasteiger partial charge on any atom is 0.269 e. The largest absolute Gasteiger partial charge is 0.486 e. The van der Waals surface area contributed by atoms with Gasteiger partial charge in [-0.15, -0.1) is 0 Å². The minimum Gasteiger partial charge on any atom is -0.486 e. The van der Waals surface area contributed by atoms with E-state index in [1.165, 1.54) is 18.2 Å². The van der Waals surface area contributed by atoms with Crippen molar-refractivity contribution in [2.24, 2.45) is 0 Å². The van der Waals surface area contributed by atoms with Gasteiger partial charge in [-0.2, -0.15) is 0 Å². The van der Waals surface area contributed by atoms with Gasteiger partial charge in [0.15, 0.2) is 11.5 Å². The van der Waals surface area contributed by atoms with Crippen molar-refractivity contribution >= 4 is 21.8 Å². The number of sulfonamides is 1. The average Bonchev–Trinajstić information content (AvgIpc) is 2.88. The van der Waals surface area contributed by atoms with Crippen molar-refractivity contribution in [1.82, 2.24) is 9.62 Å². The van der Waals surface area contributed by atoms with Crippen LogP contribution in [0.3, 0.4) is 0 Å². The van der Waals surface area contributed by atoms with Gasteiger partial charge in [0.1, 0.15) is 24.7 Å². The number of ether oxygens (including phenoxy) is 2. The summed E-state index contributed by atoms with van der Waals surface area (Å²) in [5.74, 6) is -0.0394. The standard InChI is InChI=1S/C19H18N2O6S/c1-12(13-6-7-15-16(10-13)27-9-8-26-15)20-18(22)11-21-19(23)14-4-2-3-5-17(14)28(21,24)25/h2-7,10,12H,8-9,11H2,1H3,(H,20,22)/t12-/m0/s1. The first-order valence-corrected chi connectivity index (χ1v) is 10.2. The molecular formula is C19H18N2O6S. The van der Waals surface area contributed by atoms with E-state index in [1.54, 1.807) is 31.2 Å². The lowest BCUT2D eigenvalue weighted by atomic mass is 10.1. The van der Waals surface area contributed by atoms with E-state index < -0.39 is 34.4 Å². The summed E-state index contributed by atoms with van der Waals surface area (Å²) >= 11 is 0. The Hall–Kier alpha value is -3.07. The summed E-state index contributed by atoms with van der Waals surface area (Å²) in [7, 11) is -4.02. The first-order valence-electron chi connectivity index (χ1n) is 8.73. The van der Waals surface area contributed by atoms with E-state index >= 15 is 0 Å². The van der Waals surface area contributed by atoms with Gasteiger partial charge < -0.3 is 14.8 Å². The molecule has 2 aromatic rings. The van der Waals surface area contributed by atoms with Gasteiger partial charge in [0.25, 0.3) is 15.9 Å². The molecule has 9 heteroatoms. The number of hydrogen-bond acceptors (Lipinski definition) is 6. The van der Waals surface area contributed by atoms with Crippen LogP contribution < -0.4 is 14.8 Å². The molecule has 1 N–H and O–H groups in total. The van der Waals surface area contributed by atoms with Crippen LogP contribution in [0.2, 0.25) is 0 Å². The molecule has 28 heavy (non-hydrogen) atoms. The molecule has 2 aliphatic rings. The Kier molecular flexibility index (Phi) is 4.46. The number of carbonyl (C=O) groups excluding carboxylic acids is 2. The SMILES string of the molecule is C[C@H](NC(=O)CN1C(=O)c2ccccc2S1(=O)=O)c1ccc2c(c1)OCCO2. The molecule has 1 atom stereocenters. The summed E-state index contributed by atoms with van der Waals surface area (Å²) in [6, 6.07) is 10.8. The molecule has 146 valence electrons. The van der Waals surface area contributed by atoms with E-state index in [9.17, 15) is 18.0 Å². The highest BCUT2D eigenvalue weighted by Gasteiger charge is 2.41. The molecule has 2 aromatic carbocycles. The number of rotatable bonds is 4.